The van der Waals surface area contributed by atoms with Crippen LogP contribution in [0.3, 0.4) is 0 Å². The molecule has 1 aromatic rings. The van der Waals surface area contributed by atoms with Crippen molar-refractivity contribution in [3.05, 3.63) is 28.0 Å². The van der Waals surface area contributed by atoms with Gasteiger partial charge in [0.25, 0.3) is 0 Å². The van der Waals surface area contributed by atoms with Crippen molar-refractivity contribution in [2.45, 2.75) is 19.3 Å². The van der Waals surface area contributed by atoms with Crippen LogP contribution in [-0.2, 0) is 4.79 Å². The summed E-state index contributed by atoms with van der Waals surface area (Å²) >= 11 is 6.74. The Morgan fingerprint density at radius 2 is 2.32 bits per heavy atom. The van der Waals surface area contributed by atoms with E-state index in [0.29, 0.717) is 17.0 Å². The molecule has 3 nitrogen and oxygen atoms in total. The summed E-state index contributed by atoms with van der Waals surface area (Å²) in [6.07, 6.45) is 2.19. The van der Waals surface area contributed by atoms with E-state index in [1.807, 2.05) is 17.5 Å². The van der Waals surface area contributed by atoms with Crippen LogP contribution in [0.5, 0.6) is 0 Å². The van der Waals surface area contributed by atoms with Crippen LogP contribution in [0.4, 0.5) is 0 Å². The van der Waals surface area contributed by atoms with E-state index in [4.69, 9.17) is 12.2 Å². The average molecular weight is 286 g/mol. The third kappa shape index (κ3) is 1.97. The summed E-state index contributed by atoms with van der Waals surface area (Å²) in [5.41, 5.74) is 2.00. The van der Waals surface area contributed by atoms with Crippen molar-refractivity contribution in [3.8, 4) is 6.07 Å². The van der Waals surface area contributed by atoms with E-state index in [1.165, 1.54) is 11.3 Å². The predicted molar refractivity (Wildman–Crippen MR) is 79.2 cm³/mol. The molecule has 1 aromatic heterocycles. The molecule has 1 fully saturated rings. The fourth-order valence-corrected chi connectivity index (χ4v) is 3.70. The van der Waals surface area contributed by atoms with Gasteiger partial charge in [-0.15, -0.1) is 11.3 Å². The van der Waals surface area contributed by atoms with Crippen molar-refractivity contribution in [2.75, 3.05) is 0 Å². The first kappa shape index (κ1) is 12.4. The molecule has 19 heavy (non-hydrogen) atoms. The number of rotatable bonds is 1. The molecule has 94 valence electrons. The van der Waals surface area contributed by atoms with Gasteiger partial charge in [-0.05, 0) is 24.3 Å². The summed E-state index contributed by atoms with van der Waals surface area (Å²) in [5, 5.41) is 11.3. The highest BCUT2D eigenvalue weighted by molar-refractivity contribution is 7.80. The lowest BCUT2D eigenvalue weighted by molar-refractivity contribution is -0.120. The normalized spacial score (nSPS) is 22.9. The van der Waals surface area contributed by atoms with Crippen LogP contribution in [0.1, 0.15) is 24.1 Å². The SMILES string of the molecule is N#CC1=C(c2cccs2)C2C(=O)CCCC2=NC1=S. The molecule has 2 aliphatic rings. The number of ketones is 1. The largest absolute Gasteiger partial charge is 0.299 e. The molecule has 0 spiro atoms. The molecular formula is C14H10N2OS2. The number of dihydropyridines is 1. The Morgan fingerprint density at radius 1 is 1.47 bits per heavy atom. The zero-order valence-electron chi connectivity index (χ0n) is 10.0. The number of nitriles is 1. The Kier molecular flexibility index (Phi) is 3.13. The van der Waals surface area contributed by atoms with Gasteiger partial charge in [-0.1, -0.05) is 18.3 Å². The Bertz CT molecular complexity index is 662. The molecule has 0 radical (unpaired) electrons. The first-order chi connectivity index (χ1) is 9.22. The molecule has 0 aromatic carbocycles. The van der Waals surface area contributed by atoms with Gasteiger partial charge in [0.1, 0.15) is 16.8 Å². The first-order valence-corrected chi connectivity index (χ1v) is 7.34. The van der Waals surface area contributed by atoms with Crippen LogP contribution >= 0.6 is 23.6 Å². The van der Waals surface area contributed by atoms with Crippen molar-refractivity contribution in [1.29, 1.82) is 5.26 Å². The predicted octanol–water partition coefficient (Wildman–Crippen LogP) is 3.18. The summed E-state index contributed by atoms with van der Waals surface area (Å²) < 4.78 is 0. The summed E-state index contributed by atoms with van der Waals surface area (Å²) in [6, 6.07) is 5.99. The topological polar surface area (TPSA) is 53.2 Å². The Morgan fingerprint density at radius 3 is 3.00 bits per heavy atom. The van der Waals surface area contributed by atoms with E-state index < -0.39 is 0 Å². The van der Waals surface area contributed by atoms with Gasteiger partial charge >= 0.3 is 0 Å². The number of allylic oxidation sites excluding steroid dienone is 1. The van der Waals surface area contributed by atoms with Crippen molar-refractivity contribution in [2.24, 2.45) is 10.9 Å². The highest BCUT2D eigenvalue weighted by Crippen LogP contribution is 2.39. The van der Waals surface area contributed by atoms with Gasteiger partial charge in [0.2, 0.25) is 0 Å². The first-order valence-electron chi connectivity index (χ1n) is 6.05. The quantitative estimate of drug-likeness (QED) is 0.745. The van der Waals surface area contributed by atoms with E-state index in [0.717, 1.165) is 29.0 Å². The number of hydrogen-bond acceptors (Lipinski definition) is 4. The van der Waals surface area contributed by atoms with Gasteiger partial charge in [0.15, 0.2) is 0 Å². The second-order valence-electron chi connectivity index (χ2n) is 4.54. The zero-order valence-corrected chi connectivity index (χ0v) is 11.7. The lowest BCUT2D eigenvalue weighted by atomic mass is 9.77. The zero-order chi connectivity index (χ0) is 13.4. The van der Waals surface area contributed by atoms with Gasteiger partial charge < -0.3 is 0 Å². The molecule has 2 heterocycles. The van der Waals surface area contributed by atoms with Crippen molar-refractivity contribution in [3.63, 3.8) is 0 Å². The van der Waals surface area contributed by atoms with Crippen LogP contribution in [0.15, 0.2) is 28.1 Å². The van der Waals surface area contributed by atoms with E-state index in [1.54, 1.807) is 0 Å². The standard InChI is InChI=1S/C14H10N2OS2/c15-7-8-12(11-5-2-6-19-11)13-9(16-14(8)18)3-1-4-10(13)17/h2,5-6,13H,1,3-4H2. The van der Waals surface area contributed by atoms with E-state index >= 15 is 0 Å². The molecule has 1 atom stereocenters. The van der Waals surface area contributed by atoms with E-state index in [-0.39, 0.29) is 11.7 Å². The fraction of sp³-hybridized carbons (Fsp3) is 0.286. The molecule has 0 amide bonds. The second kappa shape index (κ2) is 4.80. The number of thiophene rings is 1. The van der Waals surface area contributed by atoms with Crippen molar-refractivity contribution in [1.82, 2.24) is 0 Å². The third-order valence-electron chi connectivity index (χ3n) is 3.43. The molecule has 1 saturated carbocycles. The second-order valence-corrected chi connectivity index (χ2v) is 5.87. The lowest BCUT2D eigenvalue weighted by Crippen LogP contribution is -2.34. The van der Waals surface area contributed by atoms with Crippen LogP contribution in [0.25, 0.3) is 5.57 Å². The Labute approximate surface area is 120 Å². The molecule has 3 rings (SSSR count). The maximum Gasteiger partial charge on any atom is 0.146 e. The van der Waals surface area contributed by atoms with Crippen LogP contribution in [0, 0.1) is 17.2 Å². The van der Waals surface area contributed by atoms with E-state index in [2.05, 4.69) is 11.1 Å². The smallest absolute Gasteiger partial charge is 0.146 e. The van der Waals surface area contributed by atoms with Crippen molar-refractivity contribution >= 4 is 45.6 Å². The number of carbonyl (C=O) groups excluding carboxylic acids is 1. The third-order valence-corrected chi connectivity index (χ3v) is 4.63. The van der Waals surface area contributed by atoms with Crippen molar-refractivity contribution < 1.29 is 4.79 Å². The minimum atomic E-state index is -0.353. The van der Waals surface area contributed by atoms with E-state index in [9.17, 15) is 10.1 Å². The summed E-state index contributed by atoms with van der Waals surface area (Å²) in [6.45, 7) is 0. The van der Waals surface area contributed by atoms with Gasteiger partial charge in [-0.25, -0.2) is 4.99 Å². The minimum Gasteiger partial charge on any atom is -0.299 e. The summed E-state index contributed by atoms with van der Waals surface area (Å²) in [4.78, 5) is 17.8. The Hall–Kier alpha value is -1.64. The highest BCUT2D eigenvalue weighted by atomic mass is 32.1. The number of nitrogens with zero attached hydrogens (tertiary/aromatic N) is 2. The number of thiocarbonyl (C=S) groups is 1. The number of fused-ring (bicyclic) bond motifs is 1. The number of hydrogen-bond donors (Lipinski definition) is 0. The molecule has 1 aliphatic heterocycles. The molecule has 0 bridgehead atoms. The van der Waals surface area contributed by atoms with Gasteiger partial charge in [-0.2, -0.15) is 5.26 Å². The van der Waals surface area contributed by atoms with Gasteiger partial charge in [0, 0.05) is 22.6 Å². The number of Topliss-reactive ketones (excluding diaryl/α,β-unsaturated/α-hetero) is 1. The number of carbonyl (C=O) groups is 1. The molecular weight excluding hydrogens is 276 g/mol. The molecule has 0 saturated heterocycles. The van der Waals surface area contributed by atoms with Gasteiger partial charge in [-0.3, -0.25) is 4.79 Å². The lowest BCUT2D eigenvalue weighted by Gasteiger charge is -2.29. The molecule has 5 heteroatoms. The summed E-state index contributed by atoms with van der Waals surface area (Å²) in [5.74, 6) is -0.197. The monoisotopic (exact) mass is 286 g/mol. The Balaban J connectivity index is 2.21. The molecule has 1 aliphatic carbocycles. The highest BCUT2D eigenvalue weighted by Gasteiger charge is 2.38. The molecule has 1 unspecified atom stereocenters. The van der Waals surface area contributed by atoms with Crippen LogP contribution < -0.4 is 0 Å². The molecule has 0 N–H and O–H groups in total. The average Bonchev–Trinajstić information content (AvgIpc) is 2.91. The maximum absolute atomic E-state index is 12.2. The number of aliphatic imine (C=N–C) groups is 1. The minimum absolute atomic E-state index is 0.156. The van der Waals surface area contributed by atoms with Crippen LogP contribution in [0.2, 0.25) is 0 Å². The van der Waals surface area contributed by atoms with Gasteiger partial charge in [0.05, 0.1) is 11.5 Å². The summed E-state index contributed by atoms with van der Waals surface area (Å²) in [7, 11) is 0. The van der Waals surface area contributed by atoms with Crippen LogP contribution in [-0.4, -0.2) is 16.5 Å². The fourth-order valence-electron chi connectivity index (χ4n) is 2.62. The maximum atomic E-state index is 12.2.